The molecule has 0 spiro atoms. The van der Waals surface area contributed by atoms with Crippen LogP contribution in [0, 0.1) is 0 Å². The largest absolute Gasteiger partial charge is 0.377 e. The lowest BCUT2D eigenvalue weighted by Crippen LogP contribution is -2.18. The van der Waals surface area contributed by atoms with E-state index in [0.717, 1.165) is 12.1 Å². The van der Waals surface area contributed by atoms with Gasteiger partial charge in [0.1, 0.15) is 0 Å². The highest BCUT2D eigenvalue weighted by molar-refractivity contribution is 7.89. The predicted octanol–water partition coefficient (Wildman–Crippen LogP) is 3.22. The number of nitrogens with one attached hydrogen (secondary N) is 2. The Morgan fingerprint density at radius 2 is 2.05 bits per heavy atom. The molecule has 2 rings (SSSR count). The molecule has 1 unspecified atom stereocenters. The predicted molar refractivity (Wildman–Crippen MR) is 83.7 cm³/mol. The molecular weight excluding hydrogens is 292 g/mol. The Morgan fingerprint density at radius 1 is 1.25 bits per heavy atom. The molecule has 108 valence electrons. The van der Waals surface area contributed by atoms with Crippen molar-refractivity contribution in [2.24, 2.45) is 0 Å². The zero-order valence-electron chi connectivity index (χ0n) is 11.5. The summed E-state index contributed by atoms with van der Waals surface area (Å²) in [5.74, 6) is 0. The minimum Gasteiger partial charge on any atom is -0.377 e. The maximum absolute atomic E-state index is 11.8. The SMILES string of the molecule is CCC(Nc1cccc(S(=O)(=O)NC)c1)c1cccs1. The molecular formula is C14H18N2O2S2. The van der Waals surface area contributed by atoms with Crippen LogP contribution in [-0.2, 0) is 10.0 Å². The van der Waals surface area contributed by atoms with Crippen LogP contribution in [0.5, 0.6) is 0 Å². The molecule has 0 saturated carbocycles. The number of benzene rings is 1. The minimum absolute atomic E-state index is 0.197. The van der Waals surface area contributed by atoms with Crippen molar-refractivity contribution in [1.82, 2.24) is 4.72 Å². The molecule has 1 aromatic heterocycles. The maximum Gasteiger partial charge on any atom is 0.240 e. The summed E-state index contributed by atoms with van der Waals surface area (Å²) >= 11 is 1.70. The monoisotopic (exact) mass is 310 g/mol. The lowest BCUT2D eigenvalue weighted by atomic mass is 10.1. The van der Waals surface area contributed by atoms with E-state index in [-0.39, 0.29) is 10.9 Å². The molecule has 1 atom stereocenters. The molecule has 0 bridgehead atoms. The zero-order chi connectivity index (χ0) is 14.6. The molecule has 0 saturated heterocycles. The molecule has 20 heavy (non-hydrogen) atoms. The summed E-state index contributed by atoms with van der Waals surface area (Å²) in [7, 11) is -1.99. The number of hydrogen-bond acceptors (Lipinski definition) is 4. The van der Waals surface area contributed by atoms with Crippen molar-refractivity contribution >= 4 is 27.0 Å². The quantitative estimate of drug-likeness (QED) is 0.861. The normalized spacial score (nSPS) is 13.1. The molecule has 1 heterocycles. The topological polar surface area (TPSA) is 58.2 Å². The smallest absolute Gasteiger partial charge is 0.240 e. The molecule has 0 amide bonds. The Hall–Kier alpha value is -1.37. The van der Waals surface area contributed by atoms with Gasteiger partial charge < -0.3 is 5.32 Å². The van der Waals surface area contributed by atoms with Gasteiger partial charge in [-0.1, -0.05) is 19.1 Å². The molecule has 2 aromatic rings. The van der Waals surface area contributed by atoms with Crippen LogP contribution in [0.15, 0.2) is 46.7 Å². The highest BCUT2D eigenvalue weighted by Crippen LogP contribution is 2.27. The van der Waals surface area contributed by atoms with Crippen LogP contribution in [0.2, 0.25) is 0 Å². The van der Waals surface area contributed by atoms with Crippen molar-refractivity contribution < 1.29 is 8.42 Å². The van der Waals surface area contributed by atoms with Gasteiger partial charge in [0.15, 0.2) is 0 Å². The van der Waals surface area contributed by atoms with Crippen molar-refractivity contribution in [1.29, 1.82) is 0 Å². The van der Waals surface area contributed by atoms with Crippen molar-refractivity contribution in [2.75, 3.05) is 12.4 Å². The summed E-state index contributed by atoms with van der Waals surface area (Å²) in [4.78, 5) is 1.51. The molecule has 1 aromatic carbocycles. The fourth-order valence-electron chi connectivity index (χ4n) is 1.94. The lowest BCUT2D eigenvalue weighted by Gasteiger charge is -2.17. The highest BCUT2D eigenvalue weighted by Gasteiger charge is 2.14. The summed E-state index contributed by atoms with van der Waals surface area (Å²) in [6.07, 6.45) is 0.934. The molecule has 0 aliphatic rings. The number of rotatable bonds is 6. The first-order chi connectivity index (χ1) is 9.56. The van der Waals surface area contributed by atoms with Gasteiger partial charge in [0.2, 0.25) is 10.0 Å². The van der Waals surface area contributed by atoms with Gasteiger partial charge in [0.05, 0.1) is 10.9 Å². The Bertz CT molecular complexity index is 652. The van der Waals surface area contributed by atoms with E-state index in [2.05, 4.69) is 23.0 Å². The van der Waals surface area contributed by atoms with Crippen LogP contribution in [0.1, 0.15) is 24.3 Å². The van der Waals surface area contributed by atoms with Crippen molar-refractivity contribution in [3.05, 3.63) is 46.7 Å². The van der Waals surface area contributed by atoms with Crippen LogP contribution in [0.3, 0.4) is 0 Å². The second kappa shape index (κ2) is 6.39. The number of anilines is 1. The third-order valence-corrected chi connectivity index (χ3v) is 5.45. The molecule has 6 heteroatoms. The molecule has 4 nitrogen and oxygen atoms in total. The van der Waals surface area contributed by atoms with E-state index in [9.17, 15) is 8.42 Å². The first-order valence-corrected chi connectivity index (χ1v) is 8.76. The van der Waals surface area contributed by atoms with Gasteiger partial charge in [-0.15, -0.1) is 11.3 Å². The third kappa shape index (κ3) is 3.39. The third-order valence-electron chi connectivity index (χ3n) is 3.05. The van der Waals surface area contributed by atoms with E-state index in [1.54, 1.807) is 29.5 Å². The fourth-order valence-corrected chi connectivity index (χ4v) is 3.57. The molecule has 0 aliphatic heterocycles. The van der Waals surface area contributed by atoms with E-state index in [1.807, 2.05) is 17.5 Å². The Morgan fingerprint density at radius 3 is 2.65 bits per heavy atom. The number of hydrogen-bond donors (Lipinski definition) is 2. The Kier molecular flexibility index (Phi) is 4.80. The van der Waals surface area contributed by atoms with E-state index in [0.29, 0.717) is 0 Å². The molecule has 0 radical (unpaired) electrons. The lowest BCUT2D eigenvalue weighted by molar-refractivity contribution is 0.588. The van der Waals surface area contributed by atoms with E-state index < -0.39 is 10.0 Å². The van der Waals surface area contributed by atoms with Gasteiger partial charge in [-0.2, -0.15) is 0 Å². The van der Waals surface area contributed by atoms with Crippen molar-refractivity contribution in [3.8, 4) is 0 Å². The first-order valence-electron chi connectivity index (χ1n) is 6.40. The zero-order valence-corrected chi connectivity index (χ0v) is 13.1. The summed E-state index contributed by atoms with van der Waals surface area (Å²) < 4.78 is 25.9. The number of sulfonamides is 1. The minimum atomic E-state index is -3.40. The molecule has 0 aliphatic carbocycles. The van der Waals surface area contributed by atoms with Gasteiger partial charge in [-0.25, -0.2) is 13.1 Å². The van der Waals surface area contributed by atoms with Crippen LogP contribution in [0.4, 0.5) is 5.69 Å². The second-order valence-corrected chi connectivity index (χ2v) is 7.22. The van der Waals surface area contributed by atoms with E-state index >= 15 is 0 Å². The van der Waals surface area contributed by atoms with Gasteiger partial charge in [-0.05, 0) is 43.1 Å². The number of thiophene rings is 1. The van der Waals surface area contributed by atoms with Gasteiger partial charge in [0.25, 0.3) is 0 Å². The average Bonchev–Trinajstić information content (AvgIpc) is 2.99. The van der Waals surface area contributed by atoms with Crippen molar-refractivity contribution in [2.45, 2.75) is 24.3 Å². The second-order valence-electron chi connectivity index (χ2n) is 4.36. The van der Waals surface area contributed by atoms with E-state index in [4.69, 9.17) is 0 Å². The Labute approximate surface area is 123 Å². The van der Waals surface area contributed by atoms with Gasteiger partial charge in [0, 0.05) is 10.6 Å². The molecule has 0 fully saturated rings. The maximum atomic E-state index is 11.8. The summed E-state index contributed by atoms with van der Waals surface area (Å²) in [6, 6.07) is 11.2. The van der Waals surface area contributed by atoms with E-state index in [1.165, 1.54) is 11.9 Å². The molecule has 2 N–H and O–H groups in total. The van der Waals surface area contributed by atoms with Crippen molar-refractivity contribution in [3.63, 3.8) is 0 Å². The standard InChI is InChI=1S/C14H18N2O2S2/c1-3-13(14-8-5-9-19-14)16-11-6-4-7-12(10-11)20(17,18)15-2/h4-10,13,15-16H,3H2,1-2H3. The van der Waals surface area contributed by atoms with Gasteiger partial charge in [-0.3, -0.25) is 0 Å². The Balaban J connectivity index is 2.24. The van der Waals surface area contributed by atoms with Gasteiger partial charge >= 0.3 is 0 Å². The summed E-state index contributed by atoms with van der Waals surface area (Å²) in [5, 5.41) is 5.43. The van der Waals surface area contributed by atoms with Crippen LogP contribution in [-0.4, -0.2) is 15.5 Å². The fraction of sp³-hybridized carbons (Fsp3) is 0.286. The van der Waals surface area contributed by atoms with Crippen LogP contribution >= 0.6 is 11.3 Å². The summed E-state index contributed by atoms with van der Waals surface area (Å²) in [6.45, 7) is 2.10. The van der Waals surface area contributed by atoms with Crippen LogP contribution < -0.4 is 10.0 Å². The first kappa shape index (κ1) is 15.0. The summed E-state index contributed by atoms with van der Waals surface area (Å²) in [5.41, 5.74) is 0.807. The average molecular weight is 310 g/mol. The highest BCUT2D eigenvalue weighted by atomic mass is 32.2. The van der Waals surface area contributed by atoms with Crippen LogP contribution in [0.25, 0.3) is 0 Å².